The van der Waals surface area contributed by atoms with E-state index in [9.17, 15) is 18.0 Å². The van der Waals surface area contributed by atoms with Crippen molar-refractivity contribution in [2.75, 3.05) is 30.2 Å². The maximum atomic E-state index is 14.2. The highest BCUT2D eigenvalue weighted by Gasteiger charge is 2.41. The van der Waals surface area contributed by atoms with Crippen LogP contribution in [0.2, 0.25) is 0 Å². The monoisotopic (exact) mass is 552 g/mol. The molecule has 2 aromatic heterocycles. The van der Waals surface area contributed by atoms with Crippen LogP contribution in [0.1, 0.15) is 38.7 Å². The molecule has 12 heteroatoms. The lowest BCUT2D eigenvalue weighted by Crippen LogP contribution is -2.32. The van der Waals surface area contributed by atoms with Gasteiger partial charge in [-0.2, -0.15) is 23.4 Å². The van der Waals surface area contributed by atoms with Crippen LogP contribution in [0.15, 0.2) is 42.5 Å². The molecule has 0 saturated carbocycles. The number of benzene rings is 2. The molecule has 4 heterocycles. The third kappa shape index (κ3) is 4.23. The predicted molar refractivity (Wildman–Crippen MR) is 141 cm³/mol. The van der Waals surface area contributed by atoms with Crippen molar-refractivity contribution in [1.82, 2.24) is 19.6 Å². The zero-order chi connectivity index (χ0) is 28.3. The molecular formula is C28H27F3N6O3. The molecular weight excluding hydrogens is 525 g/mol. The molecule has 0 unspecified atom stereocenters. The standard InChI is InChI=1S/C28H27F3N6O3/c1-16-25(17(2)35(4)32-16)36-11-10-22-21(14-36)26(28(29,30)31)33-37(22)20-7-5-6-18(12-20)27(38)34(3)19-8-9-23-24(13-19)40-15-39-23/h5-9,12-13H,10-11,14-15H2,1-4H3. The summed E-state index contributed by atoms with van der Waals surface area (Å²) in [7, 11) is 3.44. The van der Waals surface area contributed by atoms with Gasteiger partial charge in [0.05, 0.1) is 28.5 Å². The Morgan fingerprint density at radius 3 is 2.55 bits per heavy atom. The van der Waals surface area contributed by atoms with E-state index in [2.05, 4.69) is 10.2 Å². The zero-order valence-electron chi connectivity index (χ0n) is 22.4. The molecule has 0 atom stereocenters. The predicted octanol–water partition coefficient (Wildman–Crippen LogP) is 4.81. The fourth-order valence-corrected chi connectivity index (χ4v) is 5.45. The van der Waals surface area contributed by atoms with Gasteiger partial charge in [-0.25, -0.2) is 4.68 Å². The van der Waals surface area contributed by atoms with E-state index >= 15 is 0 Å². The van der Waals surface area contributed by atoms with Crippen molar-refractivity contribution in [2.45, 2.75) is 33.0 Å². The van der Waals surface area contributed by atoms with Gasteiger partial charge in [0.25, 0.3) is 5.91 Å². The number of ether oxygens (including phenoxy) is 2. The average molecular weight is 553 g/mol. The number of nitrogens with zero attached hydrogens (tertiary/aromatic N) is 6. The van der Waals surface area contributed by atoms with Gasteiger partial charge in [-0.15, -0.1) is 0 Å². The van der Waals surface area contributed by atoms with Gasteiger partial charge in [0, 0.05) is 56.5 Å². The minimum absolute atomic E-state index is 0.0586. The second-order valence-electron chi connectivity index (χ2n) is 9.95. The Kier molecular flexibility index (Phi) is 6.00. The zero-order valence-corrected chi connectivity index (χ0v) is 22.4. The molecule has 6 rings (SSSR count). The second kappa shape index (κ2) is 9.32. The van der Waals surface area contributed by atoms with Crippen molar-refractivity contribution in [3.05, 3.63) is 76.4 Å². The van der Waals surface area contributed by atoms with E-state index in [1.54, 1.807) is 54.2 Å². The first kappa shape index (κ1) is 25.8. The summed E-state index contributed by atoms with van der Waals surface area (Å²) in [5.74, 6) is 0.814. The number of anilines is 2. The molecule has 0 saturated heterocycles. The molecule has 0 bridgehead atoms. The summed E-state index contributed by atoms with van der Waals surface area (Å²) >= 11 is 0. The SMILES string of the molecule is Cc1nn(C)c(C)c1N1CCc2c(c(C(F)(F)F)nn2-c2cccc(C(=O)N(C)c3ccc4c(c3)OCO4)c2)C1. The van der Waals surface area contributed by atoms with Crippen LogP contribution in [0.3, 0.4) is 0 Å². The maximum Gasteiger partial charge on any atom is 0.435 e. The molecule has 0 N–H and O–H groups in total. The quantitative estimate of drug-likeness (QED) is 0.362. The largest absolute Gasteiger partial charge is 0.454 e. The van der Waals surface area contributed by atoms with E-state index in [0.717, 1.165) is 17.1 Å². The van der Waals surface area contributed by atoms with E-state index in [4.69, 9.17) is 9.47 Å². The minimum Gasteiger partial charge on any atom is -0.454 e. The van der Waals surface area contributed by atoms with Crippen LogP contribution in [0.5, 0.6) is 11.5 Å². The third-order valence-corrected chi connectivity index (χ3v) is 7.50. The van der Waals surface area contributed by atoms with Gasteiger partial charge in [0.2, 0.25) is 6.79 Å². The smallest absolute Gasteiger partial charge is 0.435 e. The Morgan fingerprint density at radius 2 is 1.82 bits per heavy atom. The van der Waals surface area contributed by atoms with Crippen molar-refractivity contribution in [3.63, 3.8) is 0 Å². The normalized spacial score (nSPS) is 14.4. The van der Waals surface area contributed by atoms with E-state index in [0.29, 0.717) is 47.1 Å². The third-order valence-electron chi connectivity index (χ3n) is 7.50. The number of aryl methyl sites for hydroxylation is 2. The molecule has 0 spiro atoms. The molecule has 0 radical (unpaired) electrons. The Labute approximate surface area is 228 Å². The Morgan fingerprint density at radius 1 is 1.05 bits per heavy atom. The first-order valence-corrected chi connectivity index (χ1v) is 12.7. The summed E-state index contributed by atoms with van der Waals surface area (Å²) < 4.78 is 56.4. The first-order valence-electron chi connectivity index (χ1n) is 12.7. The Hall–Kier alpha value is -4.48. The average Bonchev–Trinajstić information content (AvgIpc) is 3.62. The van der Waals surface area contributed by atoms with E-state index in [1.165, 1.54) is 9.58 Å². The van der Waals surface area contributed by atoms with Crippen molar-refractivity contribution >= 4 is 17.3 Å². The lowest BCUT2D eigenvalue weighted by molar-refractivity contribution is -0.142. The van der Waals surface area contributed by atoms with Gasteiger partial charge in [-0.05, 0) is 44.2 Å². The van der Waals surface area contributed by atoms with Crippen LogP contribution < -0.4 is 19.3 Å². The van der Waals surface area contributed by atoms with Crippen LogP contribution in [-0.2, 0) is 26.2 Å². The molecule has 0 aliphatic carbocycles. The Bertz CT molecular complexity index is 1640. The molecule has 4 aromatic rings. The lowest BCUT2D eigenvalue weighted by Gasteiger charge is -2.30. The summed E-state index contributed by atoms with van der Waals surface area (Å²) in [4.78, 5) is 16.8. The van der Waals surface area contributed by atoms with Crippen LogP contribution in [0.4, 0.5) is 24.5 Å². The first-order chi connectivity index (χ1) is 19.0. The molecule has 208 valence electrons. The van der Waals surface area contributed by atoms with Crippen molar-refractivity contribution in [2.24, 2.45) is 7.05 Å². The van der Waals surface area contributed by atoms with Crippen LogP contribution >= 0.6 is 0 Å². The second-order valence-corrected chi connectivity index (χ2v) is 9.95. The maximum absolute atomic E-state index is 14.2. The highest BCUT2D eigenvalue weighted by molar-refractivity contribution is 6.06. The van der Waals surface area contributed by atoms with E-state index < -0.39 is 11.9 Å². The molecule has 0 fully saturated rings. The van der Waals surface area contributed by atoms with Gasteiger partial charge >= 0.3 is 6.18 Å². The van der Waals surface area contributed by atoms with E-state index in [1.807, 2.05) is 25.8 Å². The van der Waals surface area contributed by atoms with Gasteiger partial charge in [-0.3, -0.25) is 9.48 Å². The fraction of sp³-hybridized carbons (Fsp3) is 0.321. The topological polar surface area (TPSA) is 77.7 Å². The number of aromatic nitrogens is 4. The molecule has 2 aliphatic heterocycles. The van der Waals surface area contributed by atoms with Gasteiger partial charge in [0.15, 0.2) is 17.2 Å². The summed E-state index contributed by atoms with van der Waals surface area (Å²) in [5, 5.41) is 8.47. The van der Waals surface area contributed by atoms with Gasteiger partial charge < -0.3 is 19.3 Å². The number of alkyl halides is 3. The highest BCUT2D eigenvalue weighted by atomic mass is 19.4. The highest BCUT2D eigenvalue weighted by Crippen LogP contribution is 2.39. The summed E-state index contributed by atoms with van der Waals surface area (Å²) in [6, 6.07) is 11.7. The summed E-state index contributed by atoms with van der Waals surface area (Å²) in [6.07, 6.45) is -4.29. The number of hydrogen-bond donors (Lipinski definition) is 0. The molecule has 9 nitrogen and oxygen atoms in total. The number of fused-ring (bicyclic) bond motifs is 2. The number of amides is 1. The molecule has 2 aromatic carbocycles. The minimum atomic E-state index is -4.63. The van der Waals surface area contributed by atoms with E-state index in [-0.39, 0.29) is 24.8 Å². The van der Waals surface area contributed by atoms with Gasteiger partial charge in [-0.1, -0.05) is 6.07 Å². The van der Waals surface area contributed by atoms with Gasteiger partial charge in [0.1, 0.15) is 0 Å². The van der Waals surface area contributed by atoms with Crippen LogP contribution in [0.25, 0.3) is 5.69 Å². The van der Waals surface area contributed by atoms with Crippen molar-refractivity contribution < 1.29 is 27.4 Å². The fourth-order valence-electron chi connectivity index (χ4n) is 5.45. The lowest BCUT2D eigenvalue weighted by atomic mass is 10.0. The molecule has 2 aliphatic rings. The number of carbonyl (C=O) groups excluding carboxylic acids is 1. The number of rotatable bonds is 4. The number of hydrogen-bond acceptors (Lipinski definition) is 6. The van der Waals surface area contributed by atoms with Crippen molar-refractivity contribution in [3.8, 4) is 17.2 Å². The van der Waals surface area contributed by atoms with Crippen molar-refractivity contribution in [1.29, 1.82) is 0 Å². The number of halogens is 3. The molecule has 1 amide bonds. The summed E-state index contributed by atoms with van der Waals surface area (Å²) in [6.45, 7) is 4.45. The van der Waals surface area contributed by atoms with Crippen LogP contribution in [0, 0.1) is 13.8 Å². The van der Waals surface area contributed by atoms with Crippen LogP contribution in [-0.4, -0.2) is 45.9 Å². The molecule has 40 heavy (non-hydrogen) atoms. The Balaban J connectivity index is 1.35. The number of carbonyl (C=O) groups is 1. The summed E-state index contributed by atoms with van der Waals surface area (Å²) in [5.41, 5.74) is 3.49.